The number of benzene rings is 1. The van der Waals surface area contributed by atoms with Crippen molar-refractivity contribution in [3.05, 3.63) is 29.3 Å². The SMILES string of the molecule is CC(C)N1CCC(NC(=O)c2cccc3c2CCCN3)CC1. The molecule has 0 saturated carbocycles. The molecule has 120 valence electrons. The van der Waals surface area contributed by atoms with Crippen LogP contribution in [-0.2, 0) is 6.42 Å². The second-order valence-electron chi connectivity index (χ2n) is 6.74. The minimum Gasteiger partial charge on any atom is -0.385 e. The van der Waals surface area contributed by atoms with Gasteiger partial charge in [-0.3, -0.25) is 4.79 Å². The first-order valence-electron chi connectivity index (χ1n) is 8.56. The Kier molecular flexibility index (Phi) is 4.67. The van der Waals surface area contributed by atoms with Crippen LogP contribution in [0.15, 0.2) is 18.2 Å². The van der Waals surface area contributed by atoms with Crippen LogP contribution < -0.4 is 10.6 Å². The summed E-state index contributed by atoms with van der Waals surface area (Å²) in [5.74, 6) is 0.101. The van der Waals surface area contributed by atoms with Gasteiger partial charge in [0, 0.05) is 43.0 Å². The zero-order valence-electron chi connectivity index (χ0n) is 13.7. The molecule has 0 spiro atoms. The zero-order chi connectivity index (χ0) is 15.5. The van der Waals surface area contributed by atoms with E-state index in [4.69, 9.17) is 0 Å². The summed E-state index contributed by atoms with van der Waals surface area (Å²) in [5.41, 5.74) is 3.18. The predicted octanol–water partition coefficient (Wildman–Crippen LogP) is 2.65. The molecule has 2 aliphatic rings. The van der Waals surface area contributed by atoms with Crippen LogP contribution in [0.1, 0.15) is 49.0 Å². The van der Waals surface area contributed by atoms with E-state index in [0.717, 1.165) is 56.6 Å². The van der Waals surface area contributed by atoms with Gasteiger partial charge >= 0.3 is 0 Å². The molecule has 1 saturated heterocycles. The molecule has 4 heteroatoms. The molecule has 1 aromatic carbocycles. The Morgan fingerprint density at radius 1 is 1.32 bits per heavy atom. The largest absolute Gasteiger partial charge is 0.385 e. The second-order valence-corrected chi connectivity index (χ2v) is 6.74. The molecule has 1 aromatic rings. The van der Waals surface area contributed by atoms with Crippen molar-refractivity contribution in [2.75, 3.05) is 25.0 Å². The lowest BCUT2D eigenvalue weighted by molar-refractivity contribution is 0.0899. The van der Waals surface area contributed by atoms with Crippen LogP contribution in [0, 0.1) is 0 Å². The maximum absolute atomic E-state index is 12.6. The summed E-state index contributed by atoms with van der Waals surface area (Å²) in [7, 11) is 0. The van der Waals surface area contributed by atoms with E-state index in [9.17, 15) is 4.79 Å². The molecule has 0 unspecified atom stereocenters. The fourth-order valence-electron chi connectivity index (χ4n) is 3.55. The maximum atomic E-state index is 12.6. The number of carbonyl (C=O) groups excluding carboxylic acids is 1. The fourth-order valence-corrected chi connectivity index (χ4v) is 3.55. The van der Waals surface area contributed by atoms with Crippen molar-refractivity contribution in [3.8, 4) is 0 Å². The Labute approximate surface area is 133 Å². The van der Waals surface area contributed by atoms with Gasteiger partial charge in [-0.15, -0.1) is 0 Å². The number of carbonyl (C=O) groups is 1. The van der Waals surface area contributed by atoms with Gasteiger partial charge < -0.3 is 15.5 Å². The summed E-state index contributed by atoms with van der Waals surface area (Å²) >= 11 is 0. The fraction of sp³-hybridized carbons (Fsp3) is 0.611. The number of nitrogens with one attached hydrogen (secondary N) is 2. The minimum absolute atomic E-state index is 0.101. The lowest BCUT2D eigenvalue weighted by atomic mass is 9.96. The molecule has 22 heavy (non-hydrogen) atoms. The Bertz CT molecular complexity index is 533. The van der Waals surface area contributed by atoms with Gasteiger partial charge in [0.2, 0.25) is 0 Å². The lowest BCUT2D eigenvalue weighted by Gasteiger charge is -2.35. The third-order valence-electron chi connectivity index (χ3n) is 4.93. The second kappa shape index (κ2) is 6.69. The van der Waals surface area contributed by atoms with Crippen LogP contribution >= 0.6 is 0 Å². The van der Waals surface area contributed by atoms with Crippen LogP contribution in [0.2, 0.25) is 0 Å². The first kappa shape index (κ1) is 15.3. The molecule has 3 rings (SSSR count). The molecule has 2 aliphatic heterocycles. The number of hydrogen-bond acceptors (Lipinski definition) is 3. The standard InChI is InChI=1S/C18H27N3O/c1-13(2)21-11-8-14(9-12-21)20-18(22)16-5-3-7-17-15(16)6-4-10-19-17/h3,5,7,13-14,19H,4,6,8-12H2,1-2H3,(H,20,22). The van der Waals surface area contributed by atoms with Crippen LogP contribution in [0.25, 0.3) is 0 Å². The van der Waals surface area contributed by atoms with Crippen molar-refractivity contribution in [1.29, 1.82) is 0 Å². The van der Waals surface area contributed by atoms with Crippen molar-refractivity contribution < 1.29 is 4.79 Å². The van der Waals surface area contributed by atoms with E-state index in [2.05, 4.69) is 35.4 Å². The summed E-state index contributed by atoms with van der Waals surface area (Å²) in [5, 5.41) is 6.64. The number of rotatable bonds is 3. The molecule has 0 radical (unpaired) electrons. The van der Waals surface area contributed by atoms with Gasteiger partial charge in [-0.25, -0.2) is 0 Å². The molecule has 2 heterocycles. The Balaban J connectivity index is 1.64. The van der Waals surface area contributed by atoms with E-state index in [-0.39, 0.29) is 5.91 Å². The first-order valence-corrected chi connectivity index (χ1v) is 8.56. The molecule has 2 N–H and O–H groups in total. The third-order valence-corrected chi connectivity index (χ3v) is 4.93. The van der Waals surface area contributed by atoms with Gasteiger partial charge in [-0.1, -0.05) is 6.07 Å². The van der Waals surface area contributed by atoms with E-state index in [1.807, 2.05) is 12.1 Å². The molecular formula is C18H27N3O. The van der Waals surface area contributed by atoms with Gasteiger partial charge in [0.15, 0.2) is 0 Å². The highest BCUT2D eigenvalue weighted by Gasteiger charge is 2.24. The zero-order valence-corrected chi connectivity index (χ0v) is 13.7. The van der Waals surface area contributed by atoms with Gasteiger partial charge in [-0.05, 0) is 57.2 Å². The molecule has 0 bridgehead atoms. The third kappa shape index (κ3) is 3.27. The summed E-state index contributed by atoms with van der Waals surface area (Å²) in [6.07, 6.45) is 4.20. The molecule has 1 amide bonds. The van der Waals surface area contributed by atoms with Crippen LogP contribution in [0.4, 0.5) is 5.69 Å². The van der Waals surface area contributed by atoms with Crippen molar-refractivity contribution in [2.24, 2.45) is 0 Å². The number of nitrogens with zero attached hydrogens (tertiary/aromatic N) is 1. The highest BCUT2D eigenvalue weighted by molar-refractivity contribution is 5.97. The van der Waals surface area contributed by atoms with Gasteiger partial charge in [0.25, 0.3) is 5.91 Å². The number of amides is 1. The Morgan fingerprint density at radius 3 is 2.82 bits per heavy atom. The van der Waals surface area contributed by atoms with Crippen LogP contribution in [0.5, 0.6) is 0 Å². The summed E-state index contributed by atoms with van der Waals surface area (Å²) in [4.78, 5) is 15.1. The van der Waals surface area contributed by atoms with Crippen molar-refractivity contribution in [3.63, 3.8) is 0 Å². The Morgan fingerprint density at radius 2 is 2.09 bits per heavy atom. The maximum Gasteiger partial charge on any atom is 0.251 e. The van der Waals surface area contributed by atoms with Gasteiger partial charge in [0.1, 0.15) is 0 Å². The quantitative estimate of drug-likeness (QED) is 0.902. The van der Waals surface area contributed by atoms with Crippen molar-refractivity contribution >= 4 is 11.6 Å². The number of anilines is 1. The van der Waals surface area contributed by atoms with E-state index < -0.39 is 0 Å². The number of fused-ring (bicyclic) bond motifs is 1. The average Bonchev–Trinajstić information content (AvgIpc) is 2.54. The molecular weight excluding hydrogens is 274 g/mol. The van der Waals surface area contributed by atoms with Crippen LogP contribution in [0.3, 0.4) is 0 Å². The van der Waals surface area contributed by atoms with Crippen molar-refractivity contribution in [2.45, 2.75) is 51.6 Å². The molecule has 0 aromatic heterocycles. The smallest absolute Gasteiger partial charge is 0.251 e. The first-order chi connectivity index (χ1) is 10.6. The van der Waals surface area contributed by atoms with Gasteiger partial charge in [-0.2, -0.15) is 0 Å². The van der Waals surface area contributed by atoms with E-state index in [1.54, 1.807) is 0 Å². The summed E-state index contributed by atoms with van der Waals surface area (Å²) in [6, 6.07) is 6.93. The summed E-state index contributed by atoms with van der Waals surface area (Å²) in [6.45, 7) is 7.64. The molecule has 4 nitrogen and oxygen atoms in total. The predicted molar refractivity (Wildman–Crippen MR) is 90.4 cm³/mol. The van der Waals surface area contributed by atoms with Crippen LogP contribution in [-0.4, -0.2) is 42.5 Å². The number of piperidine rings is 1. The highest BCUT2D eigenvalue weighted by atomic mass is 16.1. The molecule has 0 aliphatic carbocycles. The average molecular weight is 301 g/mol. The molecule has 0 atom stereocenters. The minimum atomic E-state index is 0.101. The summed E-state index contributed by atoms with van der Waals surface area (Å²) < 4.78 is 0. The Hall–Kier alpha value is -1.55. The molecule has 1 fully saturated rings. The monoisotopic (exact) mass is 301 g/mol. The van der Waals surface area contributed by atoms with E-state index in [0.29, 0.717) is 12.1 Å². The highest BCUT2D eigenvalue weighted by Crippen LogP contribution is 2.25. The lowest BCUT2D eigenvalue weighted by Crippen LogP contribution is -2.46. The van der Waals surface area contributed by atoms with E-state index >= 15 is 0 Å². The van der Waals surface area contributed by atoms with E-state index in [1.165, 1.54) is 5.56 Å². The topological polar surface area (TPSA) is 44.4 Å². The number of likely N-dealkylation sites (tertiary alicyclic amines) is 1. The van der Waals surface area contributed by atoms with Gasteiger partial charge in [0.05, 0.1) is 0 Å². The van der Waals surface area contributed by atoms with Crippen molar-refractivity contribution in [1.82, 2.24) is 10.2 Å². The number of hydrogen-bond donors (Lipinski definition) is 2. The normalized spacial score (nSPS) is 19.6.